The predicted octanol–water partition coefficient (Wildman–Crippen LogP) is 4.29. The quantitative estimate of drug-likeness (QED) is 0.610. The zero-order valence-electron chi connectivity index (χ0n) is 18.4. The Hall–Kier alpha value is -3.34. The van der Waals surface area contributed by atoms with Gasteiger partial charge in [-0.1, -0.05) is 18.2 Å². The van der Waals surface area contributed by atoms with Crippen LogP contribution in [0.4, 0.5) is 11.4 Å². The molecule has 0 atom stereocenters. The molecule has 30 heavy (non-hydrogen) atoms. The maximum Gasteiger partial charge on any atom is 0.358 e. The number of ether oxygens (including phenoxy) is 1. The highest BCUT2D eigenvalue weighted by Gasteiger charge is 2.50. The summed E-state index contributed by atoms with van der Waals surface area (Å²) < 4.78 is 6.23. The van der Waals surface area contributed by atoms with Gasteiger partial charge >= 0.3 is 5.97 Å². The minimum absolute atomic E-state index is 0.379. The fourth-order valence-corrected chi connectivity index (χ4v) is 4.28. The van der Waals surface area contributed by atoms with E-state index in [1.54, 1.807) is 6.20 Å². The normalized spacial score (nSPS) is 14.3. The number of anilines is 2. The molecule has 0 radical (unpaired) electrons. The number of nitrogens with zero attached hydrogens (tertiary/aromatic N) is 3. The molecule has 1 aliphatic heterocycles. The molecule has 5 nitrogen and oxygen atoms in total. The van der Waals surface area contributed by atoms with E-state index in [0.29, 0.717) is 5.69 Å². The van der Waals surface area contributed by atoms with Crippen LogP contribution < -0.4 is 9.80 Å². The number of cyclic esters (lactones) is 1. The molecule has 0 amide bonds. The van der Waals surface area contributed by atoms with E-state index < -0.39 is 11.6 Å². The second-order valence-electron chi connectivity index (χ2n) is 8.26. The van der Waals surface area contributed by atoms with E-state index >= 15 is 0 Å². The standard InChI is InChI=1S/C25H27N3O2/c1-16-14-18(27(3)4)9-11-20(16)25(21-12-10-19(28(5)6)15-17(21)2)22-8-7-13-26-23(22)24(29)30-25/h7-15H,1-6H3. The van der Waals surface area contributed by atoms with E-state index in [2.05, 4.69) is 65.0 Å². The highest BCUT2D eigenvalue weighted by molar-refractivity contribution is 5.94. The maximum atomic E-state index is 12.9. The minimum atomic E-state index is -1.02. The Bertz CT molecular complexity index is 1080. The third-order valence-corrected chi connectivity index (χ3v) is 5.84. The van der Waals surface area contributed by atoms with Crippen molar-refractivity contribution < 1.29 is 9.53 Å². The Balaban J connectivity index is 2.03. The van der Waals surface area contributed by atoms with Gasteiger partial charge < -0.3 is 14.5 Å². The number of pyridine rings is 1. The molecule has 154 valence electrons. The van der Waals surface area contributed by atoms with Crippen LogP contribution in [0.25, 0.3) is 0 Å². The number of carbonyl (C=O) groups excluding carboxylic acids is 1. The first-order valence-electron chi connectivity index (χ1n) is 10.0. The Morgan fingerprint density at radius 2 is 1.33 bits per heavy atom. The highest BCUT2D eigenvalue weighted by Crippen LogP contribution is 2.49. The molecule has 0 fully saturated rings. The molecule has 0 bridgehead atoms. The summed E-state index contributed by atoms with van der Waals surface area (Å²) in [5.74, 6) is -0.391. The molecule has 0 saturated carbocycles. The maximum absolute atomic E-state index is 12.9. The van der Waals surface area contributed by atoms with Crippen molar-refractivity contribution in [2.45, 2.75) is 19.4 Å². The van der Waals surface area contributed by atoms with Crippen molar-refractivity contribution in [2.24, 2.45) is 0 Å². The molecule has 0 unspecified atom stereocenters. The molecule has 0 saturated heterocycles. The highest BCUT2D eigenvalue weighted by atomic mass is 16.6. The van der Waals surface area contributed by atoms with Gasteiger partial charge in [0.2, 0.25) is 0 Å². The zero-order chi connectivity index (χ0) is 21.6. The van der Waals surface area contributed by atoms with Gasteiger partial charge in [-0.3, -0.25) is 0 Å². The van der Waals surface area contributed by atoms with Crippen molar-refractivity contribution >= 4 is 17.3 Å². The molecule has 5 heteroatoms. The third-order valence-electron chi connectivity index (χ3n) is 5.84. The Morgan fingerprint density at radius 3 is 1.80 bits per heavy atom. The van der Waals surface area contributed by atoms with E-state index in [-0.39, 0.29) is 0 Å². The van der Waals surface area contributed by atoms with Crippen LogP contribution in [0.15, 0.2) is 54.7 Å². The number of rotatable bonds is 4. The Kier molecular flexibility index (Phi) is 4.77. The van der Waals surface area contributed by atoms with E-state index in [1.807, 2.05) is 40.3 Å². The topological polar surface area (TPSA) is 45.7 Å². The SMILES string of the molecule is Cc1cc(N(C)C)ccc1C1(c2ccc(N(C)C)cc2C)OC(=O)c2ncccc21. The first-order chi connectivity index (χ1) is 14.3. The molecule has 2 aromatic carbocycles. The van der Waals surface area contributed by atoms with Crippen molar-refractivity contribution in [3.05, 3.63) is 88.2 Å². The molecule has 2 heterocycles. The van der Waals surface area contributed by atoms with Gasteiger partial charge in [0.05, 0.1) is 0 Å². The molecule has 1 aromatic heterocycles. The van der Waals surface area contributed by atoms with Crippen LogP contribution in [0.5, 0.6) is 0 Å². The number of hydrogen-bond donors (Lipinski definition) is 0. The molecule has 0 aliphatic carbocycles. The lowest BCUT2D eigenvalue weighted by atomic mass is 9.77. The van der Waals surface area contributed by atoms with Gasteiger partial charge in [0, 0.05) is 62.5 Å². The van der Waals surface area contributed by atoms with Crippen LogP contribution in [0.1, 0.15) is 38.3 Å². The molecule has 3 aromatic rings. The minimum Gasteiger partial charge on any atom is -0.439 e. The van der Waals surface area contributed by atoms with Crippen LogP contribution in [0, 0.1) is 13.8 Å². The van der Waals surface area contributed by atoms with Gasteiger partial charge in [-0.15, -0.1) is 0 Å². The number of aromatic nitrogens is 1. The summed E-state index contributed by atoms with van der Waals surface area (Å²) in [6, 6.07) is 16.3. The van der Waals surface area contributed by atoms with Gasteiger partial charge in [-0.2, -0.15) is 0 Å². The second-order valence-corrected chi connectivity index (χ2v) is 8.26. The number of hydrogen-bond acceptors (Lipinski definition) is 5. The van der Waals surface area contributed by atoms with E-state index in [9.17, 15) is 4.79 Å². The van der Waals surface area contributed by atoms with Crippen LogP contribution in [0.2, 0.25) is 0 Å². The van der Waals surface area contributed by atoms with Crippen molar-refractivity contribution in [3.8, 4) is 0 Å². The lowest BCUT2D eigenvalue weighted by Crippen LogP contribution is -2.31. The molecule has 1 aliphatic rings. The number of esters is 1. The lowest BCUT2D eigenvalue weighted by Gasteiger charge is -2.33. The van der Waals surface area contributed by atoms with E-state index in [4.69, 9.17) is 4.74 Å². The smallest absolute Gasteiger partial charge is 0.358 e. The van der Waals surface area contributed by atoms with Crippen LogP contribution in [-0.2, 0) is 10.3 Å². The summed E-state index contributed by atoms with van der Waals surface area (Å²) in [4.78, 5) is 21.4. The molecule has 0 spiro atoms. The summed E-state index contributed by atoms with van der Waals surface area (Å²) in [5, 5.41) is 0. The van der Waals surface area contributed by atoms with Gasteiger partial charge in [-0.05, 0) is 55.3 Å². The van der Waals surface area contributed by atoms with E-state index in [0.717, 1.165) is 39.2 Å². The van der Waals surface area contributed by atoms with Gasteiger partial charge in [0.1, 0.15) is 0 Å². The van der Waals surface area contributed by atoms with Crippen molar-refractivity contribution in [1.82, 2.24) is 4.98 Å². The molecular formula is C25H27N3O2. The first-order valence-corrected chi connectivity index (χ1v) is 10.0. The van der Waals surface area contributed by atoms with Gasteiger partial charge in [-0.25, -0.2) is 9.78 Å². The predicted molar refractivity (Wildman–Crippen MR) is 121 cm³/mol. The fraction of sp³-hybridized carbons (Fsp3) is 0.280. The monoisotopic (exact) mass is 401 g/mol. The average Bonchev–Trinajstić information content (AvgIpc) is 3.01. The van der Waals surface area contributed by atoms with Gasteiger partial charge in [0.25, 0.3) is 0 Å². The molecule has 0 N–H and O–H groups in total. The third kappa shape index (κ3) is 2.93. The van der Waals surface area contributed by atoms with E-state index in [1.165, 1.54) is 0 Å². The Morgan fingerprint density at radius 1 is 0.800 bits per heavy atom. The van der Waals surface area contributed by atoms with Crippen molar-refractivity contribution in [1.29, 1.82) is 0 Å². The number of benzene rings is 2. The zero-order valence-corrected chi connectivity index (χ0v) is 18.4. The van der Waals surface area contributed by atoms with Crippen molar-refractivity contribution in [3.63, 3.8) is 0 Å². The van der Waals surface area contributed by atoms with Crippen LogP contribution in [0.3, 0.4) is 0 Å². The van der Waals surface area contributed by atoms with Crippen LogP contribution >= 0.6 is 0 Å². The summed E-state index contributed by atoms with van der Waals surface area (Å²) in [7, 11) is 8.07. The largest absolute Gasteiger partial charge is 0.439 e. The number of aryl methyl sites for hydroxylation is 2. The molecule has 4 rings (SSSR count). The van der Waals surface area contributed by atoms with Crippen molar-refractivity contribution in [2.75, 3.05) is 38.0 Å². The first kappa shape index (κ1) is 20.0. The second kappa shape index (κ2) is 7.17. The summed E-state index contributed by atoms with van der Waals surface area (Å²) >= 11 is 0. The Labute approximate surface area is 177 Å². The fourth-order valence-electron chi connectivity index (χ4n) is 4.28. The van der Waals surface area contributed by atoms with Gasteiger partial charge in [0.15, 0.2) is 11.3 Å². The average molecular weight is 402 g/mol. The summed E-state index contributed by atoms with van der Waals surface area (Å²) in [6.45, 7) is 4.13. The number of fused-ring (bicyclic) bond motifs is 1. The number of carbonyl (C=O) groups is 1. The molecular weight excluding hydrogens is 374 g/mol. The van der Waals surface area contributed by atoms with Crippen LogP contribution in [-0.4, -0.2) is 39.1 Å². The summed E-state index contributed by atoms with van der Waals surface area (Å²) in [5.41, 5.74) is 6.36. The summed E-state index contributed by atoms with van der Waals surface area (Å²) in [6.07, 6.45) is 1.64. The lowest BCUT2D eigenvalue weighted by molar-refractivity contribution is 0.0245.